The van der Waals surface area contributed by atoms with Gasteiger partial charge in [-0.25, -0.2) is 9.59 Å². The van der Waals surface area contributed by atoms with Crippen LogP contribution in [-0.4, -0.2) is 46.4 Å². The predicted octanol–water partition coefficient (Wildman–Crippen LogP) is 0.466. The Labute approximate surface area is 114 Å². The smallest absolute Gasteiger partial charge is 0.326 e. The minimum absolute atomic E-state index is 0.0533. The fraction of sp³-hybridized carbons (Fsp3) is 0.250. The Hall–Kier alpha value is -2.77. The Bertz CT molecular complexity index is 530. The van der Waals surface area contributed by atoms with E-state index in [0.29, 0.717) is 5.69 Å². The summed E-state index contributed by atoms with van der Waals surface area (Å²) in [5, 5.41) is 28.8. The third kappa shape index (κ3) is 4.16. The molecule has 108 valence electrons. The van der Waals surface area contributed by atoms with Gasteiger partial charge in [0.25, 0.3) is 0 Å². The number of hydrogen-bond acceptors (Lipinski definition) is 4. The molecule has 0 aliphatic carbocycles. The number of amides is 2. The number of carboxylic acid groups (broad SMARTS) is 2. The van der Waals surface area contributed by atoms with Crippen molar-refractivity contribution in [3.63, 3.8) is 0 Å². The number of carbonyl (C=O) groups excluding carboxylic acids is 1. The molecule has 8 heteroatoms. The van der Waals surface area contributed by atoms with E-state index in [1.165, 1.54) is 31.3 Å². The van der Waals surface area contributed by atoms with Crippen LogP contribution in [0.1, 0.15) is 6.42 Å². The fourth-order valence-electron chi connectivity index (χ4n) is 1.44. The van der Waals surface area contributed by atoms with E-state index < -0.39 is 30.4 Å². The number of benzene rings is 1. The molecule has 0 heterocycles. The van der Waals surface area contributed by atoms with Crippen molar-refractivity contribution in [2.75, 3.05) is 11.9 Å². The van der Waals surface area contributed by atoms with Gasteiger partial charge in [-0.2, -0.15) is 0 Å². The van der Waals surface area contributed by atoms with E-state index in [2.05, 4.69) is 5.32 Å². The van der Waals surface area contributed by atoms with Gasteiger partial charge in [0.05, 0.1) is 6.42 Å². The molecule has 1 rings (SSSR count). The number of aromatic hydroxyl groups is 1. The number of carboxylic acids is 2. The molecule has 0 aliphatic rings. The minimum Gasteiger partial charge on any atom is -0.508 e. The Morgan fingerprint density at radius 1 is 1.30 bits per heavy atom. The molecule has 1 aromatic rings. The van der Waals surface area contributed by atoms with E-state index in [1.807, 2.05) is 0 Å². The lowest BCUT2D eigenvalue weighted by Gasteiger charge is -2.20. The van der Waals surface area contributed by atoms with Gasteiger partial charge in [0.1, 0.15) is 11.8 Å². The van der Waals surface area contributed by atoms with E-state index in [0.717, 1.165) is 4.90 Å². The number of rotatable bonds is 5. The highest BCUT2D eigenvalue weighted by atomic mass is 16.4. The number of hydrogen-bond donors (Lipinski definition) is 4. The Morgan fingerprint density at radius 2 is 1.95 bits per heavy atom. The van der Waals surface area contributed by atoms with Crippen LogP contribution in [0.15, 0.2) is 24.3 Å². The summed E-state index contributed by atoms with van der Waals surface area (Å²) in [6, 6.07) is 3.46. The number of nitrogens with zero attached hydrogens (tertiary/aromatic N) is 1. The zero-order chi connectivity index (χ0) is 15.3. The molecule has 4 N–H and O–H groups in total. The molecule has 8 nitrogen and oxygen atoms in total. The second kappa shape index (κ2) is 6.41. The lowest BCUT2D eigenvalue weighted by Crippen LogP contribution is -2.47. The van der Waals surface area contributed by atoms with Gasteiger partial charge in [0.15, 0.2) is 0 Å². The quantitative estimate of drug-likeness (QED) is 0.621. The van der Waals surface area contributed by atoms with Gasteiger partial charge >= 0.3 is 18.0 Å². The zero-order valence-electron chi connectivity index (χ0n) is 10.6. The van der Waals surface area contributed by atoms with Gasteiger partial charge < -0.3 is 20.6 Å². The van der Waals surface area contributed by atoms with Crippen LogP contribution in [-0.2, 0) is 9.59 Å². The summed E-state index contributed by atoms with van der Waals surface area (Å²) in [6.07, 6.45) is -0.727. The van der Waals surface area contributed by atoms with Crippen molar-refractivity contribution < 1.29 is 29.7 Å². The van der Waals surface area contributed by atoms with Gasteiger partial charge in [0, 0.05) is 18.8 Å². The normalized spacial score (nSPS) is 11.4. The van der Waals surface area contributed by atoms with Crippen LogP contribution in [0.25, 0.3) is 0 Å². The Morgan fingerprint density at radius 3 is 2.45 bits per heavy atom. The van der Waals surface area contributed by atoms with Gasteiger partial charge in [0.2, 0.25) is 0 Å². The van der Waals surface area contributed by atoms with Crippen molar-refractivity contribution in [2.45, 2.75) is 12.5 Å². The standard InChI is InChI=1S/C12H14N2O6/c1-14(7-3-2-4-8(15)5-7)12(20)13-9(11(18)19)6-10(16)17/h2-5,9,15H,6H2,1H3,(H,13,20)(H,16,17)(H,18,19)/t9-/m1/s1. The molecule has 0 aromatic heterocycles. The van der Waals surface area contributed by atoms with Crippen molar-refractivity contribution in [1.29, 1.82) is 0 Å². The zero-order valence-corrected chi connectivity index (χ0v) is 10.6. The van der Waals surface area contributed by atoms with E-state index in [9.17, 15) is 19.5 Å². The summed E-state index contributed by atoms with van der Waals surface area (Å²) in [5.74, 6) is -2.83. The largest absolute Gasteiger partial charge is 0.508 e. The second-order valence-electron chi connectivity index (χ2n) is 4.02. The molecule has 0 radical (unpaired) electrons. The van der Waals surface area contributed by atoms with Gasteiger partial charge in [-0.3, -0.25) is 9.69 Å². The van der Waals surface area contributed by atoms with Crippen LogP contribution in [0.2, 0.25) is 0 Å². The molecule has 2 amide bonds. The molecule has 0 spiro atoms. The maximum Gasteiger partial charge on any atom is 0.326 e. The lowest BCUT2D eigenvalue weighted by atomic mass is 10.2. The summed E-state index contributed by atoms with van der Waals surface area (Å²) in [4.78, 5) is 34.3. The fourth-order valence-corrected chi connectivity index (χ4v) is 1.44. The predicted molar refractivity (Wildman–Crippen MR) is 68.7 cm³/mol. The van der Waals surface area contributed by atoms with Gasteiger partial charge in [-0.05, 0) is 12.1 Å². The number of urea groups is 1. The van der Waals surface area contributed by atoms with E-state index >= 15 is 0 Å². The first-order chi connectivity index (χ1) is 9.31. The molecular weight excluding hydrogens is 268 g/mol. The number of phenols is 1. The highest BCUT2D eigenvalue weighted by molar-refractivity contribution is 5.95. The molecule has 0 saturated carbocycles. The van der Waals surface area contributed by atoms with Crippen LogP contribution < -0.4 is 10.2 Å². The molecule has 0 saturated heterocycles. The third-order valence-corrected chi connectivity index (χ3v) is 2.50. The first kappa shape index (κ1) is 15.3. The average Bonchev–Trinajstić information content (AvgIpc) is 2.36. The summed E-state index contributed by atoms with van der Waals surface area (Å²) in [6.45, 7) is 0. The maximum absolute atomic E-state index is 11.8. The number of nitrogens with one attached hydrogen (secondary N) is 1. The van der Waals surface area contributed by atoms with Gasteiger partial charge in [-0.15, -0.1) is 0 Å². The average molecular weight is 282 g/mol. The van der Waals surface area contributed by atoms with E-state index in [-0.39, 0.29) is 5.75 Å². The molecule has 0 bridgehead atoms. The minimum atomic E-state index is -1.53. The second-order valence-corrected chi connectivity index (χ2v) is 4.02. The molecular formula is C12H14N2O6. The molecule has 1 atom stereocenters. The van der Waals surface area contributed by atoms with Gasteiger partial charge in [-0.1, -0.05) is 6.07 Å². The first-order valence-corrected chi connectivity index (χ1v) is 5.59. The molecule has 20 heavy (non-hydrogen) atoms. The first-order valence-electron chi connectivity index (χ1n) is 5.59. The summed E-state index contributed by atoms with van der Waals surface area (Å²) >= 11 is 0. The Balaban J connectivity index is 2.78. The monoisotopic (exact) mass is 282 g/mol. The summed E-state index contributed by atoms with van der Waals surface area (Å²) in [5.41, 5.74) is 0.335. The topological polar surface area (TPSA) is 127 Å². The third-order valence-electron chi connectivity index (χ3n) is 2.50. The van der Waals surface area contributed by atoms with Crippen LogP contribution in [0.3, 0.4) is 0 Å². The molecule has 1 aromatic carbocycles. The maximum atomic E-state index is 11.8. The van der Waals surface area contributed by atoms with Crippen molar-refractivity contribution in [3.05, 3.63) is 24.3 Å². The SMILES string of the molecule is CN(C(=O)N[C@H](CC(=O)O)C(=O)O)c1cccc(O)c1. The summed E-state index contributed by atoms with van der Waals surface area (Å²) < 4.78 is 0. The molecule has 0 fully saturated rings. The number of aliphatic carboxylic acids is 2. The Kier molecular flexibility index (Phi) is 4.90. The number of anilines is 1. The van der Waals surface area contributed by atoms with Crippen LogP contribution >= 0.6 is 0 Å². The van der Waals surface area contributed by atoms with E-state index in [1.54, 1.807) is 0 Å². The number of carbonyl (C=O) groups is 3. The van der Waals surface area contributed by atoms with Crippen LogP contribution in [0, 0.1) is 0 Å². The highest BCUT2D eigenvalue weighted by Crippen LogP contribution is 2.18. The van der Waals surface area contributed by atoms with Crippen molar-refractivity contribution in [3.8, 4) is 5.75 Å². The highest BCUT2D eigenvalue weighted by Gasteiger charge is 2.24. The van der Waals surface area contributed by atoms with Crippen LogP contribution in [0.5, 0.6) is 5.75 Å². The van der Waals surface area contributed by atoms with E-state index in [4.69, 9.17) is 10.2 Å². The molecule has 0 aliphatic heterocycles. The van der Waals surface area contributed by atoms with Crippen molar-refractivity contribution >= 4 is 23.7 Å². The number of phenolic OH excluding ortho intramolecular Hbond substituents is 1. The van der Waals surface area contributed by atoms with Crippen molar-refractivity contribution in [1.82, 2.24) is 5.32 Å². The summed E-state index contributed by atoms with van der Waals surface area (Å²) in [7, 11) is 1.36. The van der Waals surface area contributed by atoms with Crippen LogP contribution in [0.4, 0.5) is 10.5 Å². The van der Waals surface area contributed by atoms with Crippen molar-refractivity contribution in [2.24, 2.45) is 0 Å². The lowest BCUT2D eigenvalue weighted by molar-refractivity contribution is -0.145. The molecule has 0 unspecified atom stereocenters.